The molecule has 9 heteroatoms. The molecule has 0 unspecified atom stereocenters. The molecule has 1 aromatic carbocycles. The van der Waals surface area contributed by atoms with Gasteiger partial charge in [0.1, 0.15) is 5.82 Å². The van der Waals surface area contributed by atoms with E-state index in [1.165, 1.54) is 40.4 Å². The average Bonchev–Trinajstić information content (AvgIpc) is 3.21. The number of carbonyl (C=O) groups excluding carboxylic acids is 1. The minimum absolute atomic E-state index is 0.101. The Morgan fingerprint density at radius 1 is 1.46 bits per heavy atom. The van der Waals surface area contributed by atoms with Crippen molar-refractivity contribution in [3.05, 3.63) is 62.8 Å². The molecule has 2 aromatic heterocycles. The highest BCUT2D eigenvalue weighted by Crippen LogP contribution is 2.23. The van der Waals surface area contributed by atoms with Gasteiger partial charge in [-0.15, -0.1) is 5.10 Å². The van der Waals surface area contributed by atoms with Crippen LogP contribution in [0.4, 0.5) is 10.1 Å². The molecule has 0 saturated heterocycles. The molecule has 0 aliphatic rings. The molecule has 0 fully saturated rings. The van der Waals surface area contributed by atoms with E-state index in [9.17, 15) is 14.3 Å². The van der Waals surface area contributed by atoms with E-state index in [1.54, 1.807) is 0 Å². The van der Waals surface area contributed by atoms with Crippen molar-refractivity contribution in [3.8, 4) is 0 Å². The number of halogens is 2. The number of hydrogen-bond donors (Lipinski definition) is 2. The number of aliphatic hydroxyl groups excluding tert-OH is 1. The second-order valence-electron chi connectivity index (χ2n) is 4.98. The molecule has 0 aliphatic heterocycles. The van der Waals surface area contributed by atoms with Crippen LogP contribution in [-0.2, 0) is 6.54 Å². The van der Waals surface area contributed by atoms with Crippen LogP contribution in [0.2, 0.25) is 0 Å². The molecule has 0 saturated carbocycles. The zero-order chi connectivity index (χ0) is 17.1. The molecule has 2 heterocycles. The van der Waals surface area contributed by atoms with Crippen LogP contribution >= 0.6 is 27.3 Å². The number of nitrogens with one attached hydrogen (secondary N) is 1. The van der Waals surface area contributed by atoms with Gasteiger partial charge in [0.05, 0.1) is 24.5 Å². The van der Waals surface area contributed by atoms with Crippen LogP contribution in [0, 0.1) is 5.82 Å². The van der Waals surface area contributed by atoms with Crippen molar-refractivity contribution in [1.29, 1.82) is 0 Å². The number of anilines is 1. The van der Waals surface area contributed by atoms with Gasteiger partial charge >= 0.3 is 0 Å². The molecular formula is C15H12BrFN4O2S. The third-order valence-electron chi connectivity index (χ3n) is 3.24. The molecule has 0 radical (unpaired) electrons. The summed E-state index contributed by atoms with van der Waals surface area (Å²) in [5.41, 5.74) is 1.31. The summed E-state index contributed by atoms with van der Waals surface area (Å²) in [6.07, 6.45) is 0.725. The lowest BCUT2D eigenvalue weighted by molar-refractivity contribution is 0.102. The monoisotopic (exact) mass is 410 g/mol. The number of benzene rings is 1. The Morgan fingerprint density at radius 2 is 2.29 bits per heavy atom. The van der Waals surface area contributed by atoms with Gasteiger partial charge in [0.15, 0.2) is 5.69 Å². The van der Waals surface area contributed by atoms with Crippen LogP contribution < -0.4 is 5.32 Å². The van der Waals surface area contributed by atoms with E-state index in [0.29, 0.717) is 10.2 Å². The van der Waals surface area contributed by atoms with Crippen molar-refractivity contribution in [2.75, 3.05) is 5.32 Å². The summed E-state index contributed by atoms with van der Waals surface area (Å²) >= 11 is 4.67. The van der Waals surface area contributed by atoms with Gasteiger partial charge in [-0.05, 0) is 56.5 Å². The third-order valence-corrected chi connectivity index (χ3v) is 4.60. The SMILES string of the molecule is O=C(Nc1ccc(F)cc1Br)c1cn(C[C@@H](O)c2ccsc2)nn1. The van der Waals surface area contributed by atoms with Crippen LogP contribution in [-0.4, -0.2) is 26.0 Å². The van der Waals surface area contributed by atoms with Crippen molar-refractivity contribution in [2.45, 2.75) is 12.6 Å². The number of aromatic nitrogens is 3. The Hall–Kier alpha value is -2.10. The Bertz CT molecular complexity index is 853. The Balaban J connectivity index is 1.67. The maximum absolute atomic E-state index is 13.1. The summed E-state index contributed by atoms with van der Waals surface area (Å²) in [6.45, 7) is 0.192. The molecule has 124 valence electrons. The lowest BCUT2D eigenvalue weighted by atomic mass is 10.2. The van der Waals surface area contributed by atoms with Crippen LogP contribution in [0.25, 0.3) is 0 Å². The molecule has 3 aromatic rings. The third kappa shape index (κ3) is 3.86. The number of carbonyl (C=O) groups is 1. The van der Waals surface area contributed by atoms with E-state index in [-0.39, 0.29) is 12.2 Å². The normalized spacial score (nSPS) is 12.1. The van der Waals surface area contributed by atoms with E-state index in [1.807, 2.05) is 16.8 Å². The predicted octanol–water partition coefficient (Wildman–Crippen LogP) is 3.23. The first kappa shape index (κ1) is 16.7. The average molecular weight is 411 g/mol. The van der Waals surface area contributed by atoms with Crippen molar-refractivity contribution in [1.82, 2.24) is 15.0 Å². The molecule has 3 rings (SSSR count). The number of hydrogen-bond acceptors (Lipinski definition) is 5. The molecular weight excluding hydrogens is 399 g/mol. The van der Waals surface area contributed by atoms with Crippen molar-refractivity contribution in [2.24, 2.45) is 0 Å². The second-order valence-corrected chi connectivity index (χ2v) is 6.61. The standard InChI is InChI=1S/C15H12BrFN4O2S/c16-11-5-10(17)1-2-12(11)18-15(23)13-6-21(20-19-13)7-14(22)9-3-4-24-8-9/h1-6,8,14,22H,7H2,(H,18,23)/t14-/m1/s1. The van der Waals surface area contributed by atoms with E-state index >= 15 is 0 Å². The summed E-state index contributed by atoms with van der Waals surface area (Å²) in [4.78, 5) is 12.2. The molecule has 0 bridgehead atoms. The van der Waals surface area contributed by atoms with E-state index in [0.717, 1.165) is 5.56 Å². The lowest BCUT2D eigenvalue weighted by Crippen LogP contribution is -2.13. The fourth-order valence-corrected chi connectivity index (χ4v) is 3.17. The Kier molecular flexibility index (Phi) is 5.03. The summed E-state index contributed by atoms with van der Waals surface area (Å²) in [5.74, 6) is -0.883. The van der Waals surface area contributed by atoms with Gasteiger partial charge < -0.3 is 10.4 Å². The number of nitrogens with zero attached hydrogens (tertiary/aromatic N) is 3. The van der Waals surface area contributed by atoms with Crippen molar-refractivity contribution < 1.29 is 14.3 Å². The topological polar surface area (TPSA) is 80.0 Å². The molecule has 0 spiro atoms. The highest BCUT2D eigenvalue weighted by atomic mass is 79.9. The van der Waals surface area contributed by atoms with Gasteiger partial charge in [-0.25, -0.2) is 9.07 Å². The van der Waals surface area contributed by atoms with Gasteiger partial charge in [-0.1, -0.05) is 5.21 Å². The van der Waals surface area contributed by atoms with Gasteiger partial charge in [-0.3, -0.25) is 4.79 Å². The predicted molar refractivity (Wildman–Crippen MR) is 91.4 cm³/mol. The largest absolute Gasteiger partial charge is 0.386 e. The quantitative estimate of drug-likeness (QED) is 0.676. The van der Waals surface area contributed by atoms with Gasteiger partial charge in [0.2, 0.25) is 0 Å². The highest BCUT2D eigenvalue weighted by Gasteiger charge is 2.15. The molecule has 6 nitrogen and oxygen atoms in total. The highest BCUT2D eigenvalue weighted by molar-refractivity contribution is 9.10. The Labute approximate surface area is 149 Å². The number of thiophene rings is 1. The number of aliphatic hydroxyl groups is 1. The smallest absolute Gasteiger partial charge is 0.277 e. The fourth-order valence-electron chi connectivity index (χ4n) is 2.02. The summed E-state index contributed by atoms with van der Waals surface area (Å²) < 4.78 is 14.9. The maximum Gasteiger partial charge on any atom is 0.277 e. The first-order valence-electron chi connectivity index (χ1n) is 6.89. The molecule has 1 atom stereocenters. The first-order chi connectivity index (χ1) is 11.5. The second kappa shape index (κ2) is 7.20. The van der Waals surface area contributed by atoms with Gasteiger partial charge in [-0.2, -0.15) is 11.3 Å². The molecule has 0 aliphatic carbocycles. The number of rotatable bonds is 5. The van der Waals surface area contributed by atoms with Crippen LogP contribution in [0.1, 0.15) is 22.2 Å². The van der Waals surface area contributed by atoms with Crippen LogP contribution in [0.15, 0.2) is 45.7 Å². The number of amides is 1. The van der Waals surface area contributed by atoms with E-state index in [2.05, 4.69) is 31.6 Å². The molecule has 1 amide bonds. The van der Waals surface area contributed by atoms with Gasteiger partial charge in [0.25, 0.3) is 5.91 Å². The zero-order valence-corrected chi connectivity index (χ0v) is 14.6. The Morgan fingerprint density at radius 3 is 3.00 bits per heavy atom. The lowest BCUT2D eigenvalue weighted by Gasteiger charge is -2.07. The zero-order valence-electron chi connectivity index (χ0n) is 12.2. The van der Waals surface area contributed by atoms with Crippen molar-refractivity contribution >= 4 is 38.9 Å². The van der Waals surface area contributed by atoms with Gasteiger partial charge in [0, 0.05) is 4.47 Å². The summed E-state index contributed by atoms with van der Waals surface area (Å²) in [5, 5.41) is 24.1. The minimum atomic E-state index is -0.722. The van der Waals surface area contributed by atoms with E-state index in [4.69, 9.17) is 0 Å². The molecule has 24 heavy (non-hydrogen) atoms. The summed E-state index contributed by atoms with van der Waals surface area (Å²) in [6, 6.07) is 5.77. The van der Waals surface area contributed by atoms with Crippen LogP contribution in [0.5, 0.6) is 0 Å². The van der Waals surface area contributed by atoms with Crippen molar-refractivity contribution in [3.63, 3.8) is 0 Å². The summed E-state index contributed by atoms with van der Waals surface area (Å²) in [7, 11) is 0. The van der Waals surface area contributed by atoms with E-state index < -0.39 is 17.8 Å². The first-order valence-corrected chi connectivity index (χ1v) is 8.63. The minimum Gasteiger partial charge on any atom is -0.386 e. The molecule has 2 N–H and O–H groups in total. The van der Waals surface area contributed by atoms with Crippen LogP contribution in [0.3, 0.4) is 0 Å². The fraction of sp³-hybridized carbons (Fsp3) is 0.133. The maximum atomic E-state index is 13.1.